The van der Waals surface area contributed by atoms with Crippen molar-refractivity contribution in [1.82, 2.24) is 19.5 Å². The van der Waals surface area contributed by atoms with Gasteiger partial charge in [-0.2, -0.15) is 9.97 Å². The SMILES string of the molecule is c1ccc(-c2nc(-c3ccccc3)nc(-n3c4cccc5c6cccc7oc8cccc(c9cccc3c9c54)c8c76)n2)cc1. The van der Waals surface area contributed by atoms with Crippen LogP contribution in [0.5, 0.6) is 0 Å². The molecule has 204 valence electrons. The van der Waals surface area contributed by atoms with E-state index in [0.717, 1.165) is 44.1 Å². The second-order valence-corrected chi connectivity index (χ2v) is 11.2. The minimum atomic E-state index is 0.588. The lowest BCUT2D eigenvalue weighted by atomic mass is 9.95. The standard InChI is InChI=1S/C39H22N4O/c1-3-11-23(12-4-1)37-40-38(24-13-5-2-6-14-24)42-39(41-37)43-29-19-7-15-25-27-17-9-21-31-35(27)36-28(18-10-22-32(36)44-31)26-16-8-20-30(43)34(26)33(25)29/h1-22H. The van der Waals surface area contributed by atoms with Crippen LogP contribution in [0.15, 0.2) is 138 Å². The van der Waals surface area contributed by atoms with Gasteiger partial charge in [0.25, 0.3) is 0 Å². The third-order valence-corrected chi connectivity index (χ3v) is 8.81. The predicted molar refractivity (Wildman–Crippen MR) is 179 cm³/mol. The fourth-order valence-corrected chi connectivity index (χ4v) is 6.99. The van der Waals surface area contributed by atoms with E-state index in [2.05, 4.69) is 77.4 Å². The number of rotatable bonds is 3. The third kappa shape index (κ3) is 3.15. The van der Waals surface area contributed by atoms with Gasteiger partial charge in [-0.05, 0) is 45.8 Å². The fraction of sp³-hybridized carbons (Fsp3) is 0. The first-order valence-electron chi connectivity index (χ1n) is 14.7. The molecule has 0 N–H and O–H groups in total. The number of hydrogen-bond donors (Lipinski definition) is 0. The maximum Gasteiger partial charge on any atom is 0.238 e. The molecule has 0 amide bonds. The summed E-state index contributed by atoms with van der Waals surface area (Å²) < 4.78 is 8.61. The second kappa shape index (κ2) is 8.72. The van der Waals surface area contributed by atoms with Gasteiger partial charge in [0.15, 0.2) is 11.6 Å². The lowest BCUT2D eigenvalue weighted by molar-refractivity contribution is 0.669. The van der Waals surface area contributed by atoms with Crippen LogP contribution in [-0.2, 0) is 0 Å². The van der Waals surface area contributed by atoms with E-state index in [-0.39, 0.29) is 0 Å². The average molecular weight is 563 g/mol. The van der Waals surface area contributed by atoms with E-state index in [1.54, 1.807) is 0 Å². The number of nitrogens with zero attached hydrogens (tertiary/aromatic N) is 4. The van der Waals surface area contributed by atoms with E-state index in [4.69, 9.17) is 19.4 Å². The molecule has 0 spiro atoms. The van der Waals surface area contributed by atoms with Crippen LogP contribution in [0.1, 0.15) is 0 Å². The smallest absolute Gasteiger partial charge is 0.238 e. The fourth-order valence-electron chi connectivity index (χ4n) is 6.99. The highest BCUT2D eigenvalue weighted by Gasteiger charge is 2.23. The maximum absolute atomic E-state index is 6.40. The maximum atomic E-state index is 6.40. The van der Waals surface area contributed by atoms with Gasteiger partial charge in [-0.25, -0.2) is 4.98 Å². The molecule has 44 heavy (non-hydrogen) atoms. The van der Waals surface area contributed by atoms with Gasteiger partial charge >= 0.3 is 0 Å². The van der Waals surface area contributed by atoms with Crippen molar-refractivity contribution in [3.8, 4) is 28.7 Å². The first-order chi connectivity index (χ1) is 21.8. The Morgan fingerprint density at radius 2 is 0.818 bits per heavy atom. The molecule has 0 bridgehead atoms. The van der Waals surface area contributed by atoms with Crippen molar-refractivity contribution in [3.63, 3.8) is 0 Å². The van der Waals surface area contributed by atoms with Crippen LogP contribution in [-0.4, -0.2) is 19.5 Å². The Balaban J connectivity index is 1.42. The van der Waals surface area contributed by atoms with Gasteiger partial charge in [0.1, 0.15) is 11.2 Å². The number of hydrogen-bond acceptors (Lipinski definition) is 4. The molecule has 3 aromatic heterocycles. The summed E-state index contributed by atoms with van der Waals surface area (Å²) in [6.07, 6.45) is 0. The van der Waals surface area contributed by atoms with Crippen LogP contribution in [0.3, 0.4) is 0 Å². The molecule has 0 aliphatic rings. The zero-order valence-corrected chi connectivity index (χ0v) is 23.4. The van der Waals surface area contributed by atoms with E-state index in [9.17, 15) is 0 Å². The van der Waals surface area contributed by atoms with Crippen molar-refractivity contribution in [2.75, 3.05) is 0 Å². The molecule has 10 rings (SSSR count). The Labute approximate surface area is 251 Å². The third-order valence-electron chi connectivity index (χ3n) is 8.81. The van der Waals surface area contributed by atoms with E-state index in [0.29, 0.717) is 17.6 Å². The topological polar surface area (TPSA) is 56.7 Å². The second-order valence-electron chi connectivity index (χ2n) is 11.2. The molecular weight excluding hydrogens is 540 g/mol. The molecule has 3 heterocycles. The minimum Gasteiger partial charge on any atom is -0.456 e. The highest BCUT2D eigenvalue weighted by molar-refractivity contribution is 6.36. The highest BCUT2D eigenvalue weighted by Crippen LogP contribution is 2.45. The summed E-state index contributed by atoms with van der Waals surface area (Å²) >= 11 is 0. The first-order valence-corrected chi connectivity index (χ1v) is 14.7. The Kier molecular flexibility index (Phi) is 4.66. The quantitative estimate of drug-likeness (QED) is 0.215. The molecule has 0 aliphatic carbocycles. The van der Waals surface area contributed by atoms with Gasteiger partial charge in [-0.1, -0.05) is 109 Å². The molecule has 5 nitrogen and oxygen atoms in total. The molecule has 10 aromatic rings. The summed E-state index contributed by atoms with van der Waals surface area (Å²) in [5, 5.41) is 9.33. The zero-order valence-electron chi connectivity index (χ0n) is 23.4. The molecule has 0 saturated carbocycles. The summed E-state index contributed by atoms with van der Waals surface area (Å²) in [4.78, 5) is 15.2. The number of aromatic nitrogens is 4. The van der Waals surface area contributed by atoms with Crippen LogP contribution in [0.4, 0.5) is 0 Å². The molecule has 0 radical (unpaired) electrons. The van der Waals surface area contributed by atoms with E-state index in [1.165, 1.54) is 32.3 Å². The van der Waals surface area contributed by atoms with Crippen molar-refractivity contribution in [2.24, 2.45) is 0 Å². The van der Waals surface area contributed by atoms with Crippen molar-refractivity contribution in [3.05, 3.63) is 133 Å². The largest absolute Gasteiger partial charge is 0.456 e. The average Bonchev–Trinajstić information content (AvgIpc) is 3.64. The van der Waals surface area contributed by atoms with Crippen LogP contribution < -0.4 is 0 Å². The normalized spacial score (nSPS) is 12.1. The Morgan fingerprint density at radius 1 is 0.386 bits per heavy atom. The number of fused-ring (bicyclic) bond motifs is 2. The monoisotopic (exact) mass is 562 g/mol. The summed E-state index contributed by atoms with van der Waals surface area (Å²) in [5.41, 5.74) is 5.77. The predicted octanol–water partition coefficient (Wildman–Crippen LogP) is 9.95. The summed E-state index contributed by atoms with van der Waals surface area (Å²) in [6, 6.07) is 46.1. The van der Waals surface area contributed by atoms with Crippen LogP contribution in [0.2, 0.25) is 0 Å². The van der Waals surface area contributed by atoms with Gasteiger partial charge in [-0.15, -0.1) is 0 Å². The van der Waals surface area contributed by atoms with Gasteiger partial charge < -0.3 is 4.42 Å². The van der Waals surface area contributed by atoms with Crippen LogP contribution >= 0.6 is 0 Å². The molecule has 0 saturated heterocycles. The lowest BCUT2D eigenvalue weighted by Crippen LogP contribution is -2.06. The molecular formula is C39H22N4O. The van der Waals surface area contributed by atoms with Crippen molar-refractivity contribution >= 4 is 65.3 Å². The summed E-state index contributed by atoms with van der Waals surface area (Å²) in [5.74, 6) is 1.86. The Hall–Kier alpha value is -6.07. The van der Waals surface area contributed by atoms with Gasteiger partial charge in [0, 0.05) is 32.7 Å². The molecule has 0 aliphatic heterocycles. The van der Waals surface area contributed by atoms with Gasteiger partial charge in [0.2, 0.25) is 5.95 Å². The van der Waals surface area contributed by atoms with Crippen molar-refractivity contribution in [1.29, 1.82) is 0 Å². The van der Waals surface area contributed by atoms with Crippen LogP contribution in [0.25, 0.3) is 94.0 Å². The number of furan rings is 1. The highest BCUT2D eigenvalue weighted by atomic mass is 16.3. The van der Waals surface area contributed by atoms with E-state index >= 15 is 0 Å². The summed E-state index contributed by atoms with van der Waals surface area (Å²) in [6.45, 7) is 0. The minimum absolute atomic E-state index is 0.588. The molecule has 0 fully saturated rings. The zero-order chi connectivity index (χ0) is 28.8. The van der Waals surface area contributed by atoms with E-state index < -0.39 is 0 Å². The summed E-state index contributed by atoms with van der Waals surface area (Å²) in [7, 11) is 0. The van der Waals surface area contributed by atoms with Crippen molar-refractivity contribution in [2.45, 2.75) is 0 Å². The molecule has 0 atom stereocenters. The van der Waals surface area contributed by atoms with Gasteiger partial charge in [0.05, 0.1) is 11.0 Å². The Morgan fingerprint density at radius 3 is 1.30 bits per heavy atom. The molecule has 5 heteroatoms. The Bertz CT molecular complexity index is 2530. The van der Waals surface area contributed by atoms with Gasteiger partial charge in [-0.3, -0.25) is 4.57 Å². The molecule has 0 unspecified atom stereocenters. The molecule has 7 aromatic carbocycles. The van der Waals surface area contributed by atoms with Crippen LogP contribution in [0, 0.1) is 0 Å². The first kappa shape index (κ1) is 23.5. The van der Waals surface area contributed by atoms with E-state index in [1.807, 2.05) is 60.7 Å². The number of benzene rings is 6. The lowest BCUT2D eigenvalue weighted by Gasteiger charge is -2.11. The van der Waals surface area contributed by atoms with Crippen molar-refractivity contribution < 1.29 is 4.42 Å².